The van der Waals surface area contributed by atoms with E-state index in [0.717, 1.165) is 20.9 Å². The van der Waals surface area contributed by atoms with Gasteiger partial charge in [-0.3, -0.25) is 4.68 Å². The van der Waals surface area contributed by atoms with Crippen molar-refractivity contribution in [3.8, 4) is 0 Å². The minimum Gasteiger partial charge on any atom is -0.332 e. The minimum atomic E-state index is -0.125. The molecule has 0 bridgehead atoms. The third kappa shape index (κ3) is 3.09. The molecule has 3 rings (SSSR count). The van der Waals surface area contributed by atoms with Crippen LogP contribution in [0.15, 0.2) is 36.5 Å². The molecule has 114 valence electrons. The molecule has 6 nitrogen and oxygen atoms in total. The number of hydrogen-bond donors (Lipinski definition) is 1. The highest BCUT2D eigenvalue weighted by molar-refractivity contribution is 7.18. The number of para-hydroxylation sites is 1. The number of fused-ring (bicyclic) bond motifs is 1. The number of thiazole rings is 1. The molecule has 0 saturated carbocycles. The Kier molecular flexibility index (Phi) is 4.06. The van der Waals surface area contributed by atoms with E-state index in [-0.39, 0.29) is 6.03 Å². The van der Waals surface area contributed by atoms with Gasteiger partial charge < -0.3 is 10.2 Å². The second kappa shape index (κ2) is 6.15. The first-order valence-corrected chi connectivity index (χ1v) is 7.75. The Bertz CT molecular complexity index is 761. The van der Waals surface area contributed by atoms with Crippen molar-refractivity contribution in [2.24, 2.45) is 7.05 Å². The van der Waals surface area contributed by atoms with Crippen molar-refractivity contribution in [1.29, 1.82) is 0 Å². The van der Waals surface area contributed by atoms with E-state index in [1.54, 1.807) is 34.2 Å². The summed E-state index contributed by atoms with van der Waals surface area (Å²) < 4.78 is 2.88. The highest BCUT2D eigenvalue weighted by atomic mass is 32.1. The first kappa shape index (κ1) is 14.5. The van der Waals surface area contributed by atoms with Gasteiger partial charge in [0.2, 0.25) is 0 Å². The fourth-order valence-electron chi connectivity index (χ4n) is 2.14. The van der Waals surface area contributed by atoms with Crippen LogP contribution in [0, 0.1) is 0 Å². The molecule has 2 amide bonds. The Labute approximate surface area is 132 Å². The molecule has 2 heterocycles. The topological polar surface area (TPSA) is 63.1 Å². The molecule has 0 radical (unpaired) electrons. The molecule has 1 N–H and O–H groups in total. The number of urea groups is 1. The Morgan fingerprint density at radius 1 is 1.36 bits per heavy atom. The number of benzene rings is 1. The van der Waals surface area contributed by atoms with Crippen LogP contribution in [0.3, 0.4) is 0 Å². The van der Waals surface area contributed by atoms with Gasteiger partial charge in [0, 0.05) is 20.3 Å². The van der Waals surface area contributed by atoms with Crippen molar-refractivity contribution < 1.29 is 4.79 Å². The number of nitrogens with zero attached hydrogens (tertiary/aromatic N) is 4. The SMILES string of the molecule is CN(Cc1nc2ccccc2s1)C(=O)NCc1ccnn1C. The molecule has 2 aromatic heterocycles. The summed E-state index contributed by atoms with van der Waals surface area (Å²) in [6.45, 7) is 0.954. The maximum Gasteiger partial charge on any atom is 0.317 e. The number of amides is 2. The van der Waals surface area contributed by atoms with Crippen LogP contribution in [0.4, 0.5) is 4.79 Å². The number of rotatable bonds is 4. The number of aromatic nitrogens is 3. The van der Waals surface area contributed by atoms with Crippen molar-refractivity contribution >= 4 is 27.6 Å². The van der Waals surface area contributed by atoms with E-state index in [9.17, 15) is 4.79 Å². The quantitative estimate of drug-likeness (QED) is 0.804. The maximum absolute atomic E-state index is 12.1. The monoisotopic (exact) mass is 315 g/mol. The Hall–Kier alpha value is -2.41. The zero-order valence-corrected chi connectivity index (χ0v) is 13.3. The highest BCUT2D eigenvalue weighted by Gasteiger charge is 2.12. The largest absolute Gasteiger partial charge is 0.332 e. The third-order valence-electron chi connectivity index (χ3n) is 3.40. The zero-order valence-electron chi connectivity index (χ0n) is 12.5. The molecule has 7 heteroatoms. The van der Waals surface area contributed by atoms with Crippen molar-refractivity contribution in [3.05, 3.63) is 47.2 Å². The molecule has 3 aromatic rings. The van der Waals surface area contributed by atoms with Crippen LogP contribution in [-0.4, -0.2) is 32.7 Å². The summed E-state index contributed by atoms with van der Waals surface area (Å²) >= 11 is 1.61. The highest BCUT2D eigenvalue weighted by Crippen LogP contribution is 2.22. The van der Waals surface area contributed by atoms with Crippen LogP contribution in [0.5, 0.6) is 0 Å². The number of nitrogens with one attached hydrogen (secondary N) is 1. The molecule has 0 saturated heterocycles. The Balaban J connectivity index is 1.59. The summed E-state index contributed by atoms with van der Waals surface area (Å²) in [7, 11) is 3.62. The second-order valence-electron chi connectivity index (χ2n) is 5.04. The fraction of sp³-hybridized carbons (Fsp3) is 0.267. The summed E-state index contributed by atoms with van der Waals surface area (Å²) in [4.78, 5) is 18.3. The first-order chi connectivity index (χ1) is 10.6. The molecule has 0 aliphatic heterocycles. The summed E-state index contributed by atoms with van der Waals surface area (Å²) in [6.07, 6.45) is 1.71. The van der Waals surface area contributed by atoms with E-state index in [2.05, 4.69) is 15.4 Å². The molecule has 0 aliphatic rings. The van der Waals surface area contributed by atoms with Crippen LogP contribution >= 0.6 is 11.3 Å². The number of carbonyl (C=O) groups is 1. The van der Waals surface area contributed by atoms with E-state index < -0.39 is 0 Å². The van der Waals surface area contributed by atoms with Gasteiger partial charge in [0.15, 0.2) is 0 Å². The van der Waals surface area contributed by atoms with Gasteiger partial charge in [-0.1, -0.05) is 12.1 Å². The summed E-state index contributed by atoms with van der Waals surface area (Å²) in [6, 6.07) is 9.75. The predicted octanol–water partition coefficient (Wildman–Crippen LogP) is 2.37. The van der Waals surface area contributed by atoms with Crippen LogP contribution in [0.1, 0.15) is 10.7 Å². The number of carbonyl (C=O) groups excluding carboxylic acids is 1. The molecule has 0 atom stereocenters. The van der Waals surface area contributed by atoms with Crippen molar-refractivity contribution in [2.45, 2.75) is 13.1 Å². The molecule has 0 unspecified atom stereocenters. The average Bonchev–Trinajstić information content (AvgIpc) is 3.10. The van der Waals surface area contributed by atoms with E-state index in [0.29, 0.717) is 13.1 Å². The van der Waals surface area contributed by atoms with Gasteiger partial charge in [-0.25, -0.2) is 9.78 Å². The standard InChI is InChI=1S/C15H17N5OS/c1-19(15(21)16-9-11-7-8-17-20(11)2)10-14-18-12-5-3-4-6-13(12)22-14/h3-8H,9-10H2,1-2H3,(H,16,21). The molecular weight excluding hydrogens is 298 g/mol. The summed E-state index contributed by atoms with van der Waals surface area (Å²) in [5.74, 6) is 0. The fourth-order valence-corrected chi connectivity index (χ4v) is 3.16. The van der Waals surface area contributed by atoms with Gasteiger partial charge in [0.25, 0.3) is 0 Å². The minimum absolute atomic E-state index is 0.125. The van der Waals surface area contributed by atoms with Gasteiger partial charge in [-0.05, 0) is 18.2 Å². The average molecular weight is 315 g/mol. The van der Waals surface area contributed by atoms with Crippen molar-refractivity contribution in [3.63, 3.8) is 0 Å². The molecule has 0 aliphatic carbocycles. The Morgan fingerprint density at radius 3 is 2.91 bits per heavy atom. The van der Waals surface area contributed by atoms with Crippen LogP contribution < -0.4 is 5.32 Å². The van der Waals surface area contributed by atoms with Gasteiger partial charge >= 0.3 is 6.03 Å². The normalized spacial score (nSPS) is 10.8. The Morgan fingerprint density at radius 2 is 2.18 bits per heavy atom. The molecule has 0 spiro atoms. The summed E-state index contributed by atoms with van der Waals surface area (Å²) in [5.41, 5.74) is 1.94. The van der Waals surface area contributed by atoms with Crippen molar-refractivity contribution in [2.75, 3.05) is 7.05 Å². The van der Waals surface area contributed by atoms with Crippen molar-refractivity contribution in [1.82, 2.24) is 25.0 Å². The molecule has 0 fully saturated rings. The first-order valence-electron chi connectivity index (χ1n) is 6.94. The lowest BCUT2D eigenvalue weighted by Crippen LogP contribution is -2.36. The summed E-state index contributed by atoms with van der Waals surface area (Å²) in [5, 5.41) is 7.89. The predicted molar refractivity (Wildman–Crippen MR) is 86.5 cm³/mol. The molecule has 1 aromatic carbocycles. The lowest BCUT2D eigenvalue weighted by molar-refractivity contribution is 0.206. The van der Waals surface area contributed by atoms with E-state index in [1.165, 1.54) is 0 Å². The molecule has 22 heavy (non-hydrogen) atoms. The second-order valence-corrected chi connectivity index (χ2v) is 6.15. The van der Waals surface area contributed by atoms with Crippen LogP contribution in [0.2, 0.25) is 0 Å². The van der Waals surface area contributed by atoms with Crippen LogP contribution in [0.25, 0.3) is 10.2 Å². The van der Waals surface area contributed by atoms with Gasteiger partial charge in [0.1, 0.15) is 5.01 Å². The van der Waals surface area contributed by atoms with Gasteiger partial charge in [-0.15, -0.1) is 11.3 Å². The maximum atomic E-state index is 12.1. The lowest BCUT2D eigenvalue weighted by Gasteiger charge is -2.16. The van der Waals surface area contributed by atoms with E-state index in [1.807, 2.05) is 37.4 Å². The van der Waals surface area contributed by atoms with Crippen LogP contribution in [-0.2, 0) is 20.1 Å². The third-order valence-corrected chi connectivity index (χ3v) is 4.42. The van der Waals surface area contributed by atoms with Gasteiger partial charge in [0.05, 0.1) is 29.0 Å². The lowest BCUT2D eigenvalue weighted by atomic mass is 10.3. The molecular formula is C15H17N5OS. The number of aryl methyl sites for hydroxylation is 1. The number of hydrogen-bond acceptors (Lipinski definition) is 4. The van der Waals surface area contributed by atoms with Gasteiger partial charge in [-0.2, -0.15) is 5.10 Å². The van der Waals surface area contributed by atoms with E-state index in [4.69, 9.17) is 0 Å². The zero-order chi connectivity index (χ0) is 15.5. The smallest absolute Gasteiger partial charge is 0.317 e. The van der Waals surface area contributed by atoms with E-state index >= 15 is 0 Å².